The summed E-state index contributed by atoms with van der Waals surface area (Å²) in [4.78, 5) is 14.3. The SMILES string of the molecule is COC(=O)C1CN(CC(C)C)CCS(=O)(=O)N1Cc1ccc(F)cc1. The summed E-state index contributed by atoms with van der Waals surface area (Å²) >= 11 is 0. The fourth-order valence-corrected chi connectivity index (χ4v) is 4.58. The van der Waals surface area contributed by atoms with Crippen LogP contribution < -0.4 is 0 Å². The predicted molar refractivity (Wildman–Crippen MR) is 92.8 cm³/mol. The van der Waals surface area contributed by atoms with Gasteiger partial charge in [0.2, 0.25) is 10.0 Å². The number of carbonyl (C=O) groups excluding carboxylic acids is 1. The van der Waals surface area contributed by atoms with Crippen LogP contribution in [0.15, 0.2) is 24.3 Å². The number of benzene rings is 1. The van der Waals surface area contributed by atoms with Crippen molar-refractivity contribution in [3.8, 4) is 0 Å². The summed E-state index contributed by atoms with van der Waals surface area (Å²) in [6, 6.07) is 4.68. The van der Waals surface area contributed by atoms with Crippen LogP contribution in [0.5, 0.6) is 0 Å². The Morgan fingerprint density at radius 1 is 1.32 bits per heavy atom. The third kappa shape index (κ3) is 5.23. The lowest BCUT2D eigenvalue weighted by molar-refractivity contribution is -0.145. The first-order valence-corrected chi connectivity index (χ1v) is 9.88. The van der Waals surface area contributed by atoms with Gasteiger partial charge in [0.1, 0.15) is 11.9 Å². The summed E-state index contributed by atoms with van der Waals surface area (Å²) in [5.74, 6) is -0.685. The molecule has 1 aromatic carbocycles. The third-order valence-electron chi connectivity index (χ3n) is 4.15. The van der Waals surface area contributed by atoms with Gasteiger partial charge < -0.3 is 4.74 Å². The molecule has 1 aliphatic rings. The lowest BCUT2D eigenvalue weighted by Crippen LogP contribution is -2.48. The zero-order valence-electron chi connectivity index (χ0n) is 14.8. The normalized spacial score (nSPS) is 21.9. The average Bonchev–Trinajstić information content (AvgIpc) is 2.66. The van der Waals surface area contributed by atoms with Gasteiger partial charge >= 0.3 is 5.97 Å². The number of hydrogen-bond acceptors (Lipinski definition) is 5. The van der Waals surface area contributed by atoms with Crippen molar-refractivity contribution in [3.63, 3.8) is 0 Å². The van der Waals surface area contributed by atoms with Crippen LogP contribution in [0.25, 0.3) is 0 Å². The summed E-state index contributed by atoms with van der Waals surface area (Å²) in [5.41, 5.74) is 0.621. The number of sulfonamides is 1. The molecule has 0 amide bonds. The quantitative estimate of drug-likeness (QED) is 0.733. The fourth-order valence-electron chi connectivity index (χ4n) is 2.97. The standard InChI is InChI=1S/C17H25FN2O4S/c1-13(2)10-19-8-9-25(22,23)20(16(12-19)17(21)24-3)11-14-4-6-15(18)7-5-14/h4-7,13,16H,8-12H2,1-3H3. The van der Waals surface area contributed by atoms with Gasteiger partial charge in [0, 0.05) is 26.2 Å². The monoisotopic (exact) mass is 372 g/mol. The largest absolute Gasteiger partial charge is 0.468 e. The van der Waals surface area contributed by atoms with E-state index in [9.17, 15) is 17.6 Å². The van der Waals surface area contributed by atoms with E-state index in [2.05, 4.69) is 0 Å². The van der Waals surface area contributed by atoms with Crippen molar-refractivity contribution < 1.29 is 22.3 Å². The summed E-state index contributed by atoms with van der Waals surface area (Å²) in [6.07, 6.45) is 0. The predicted octanol–water partition coefficient (Wildman–Crippen LogP) is 1.47. The zero-order valence-corrected chi connectivity index (χ0v) is 15.6. The first kappa shape index (κ1) is 19.8. The van der Waals surface area contributed by atoms with Crippen LogP contribution >= 0.6 is 0 Å². The van der Waals surface area contributed by atoms with Crippen LogP contribution in [0, 0.1) is 11.7 Å². The fraction of sp³-hybridized carbons (Fsp3) is 0.588. The molecule has 1 atom stereocenters. The first-order chi connectivity index (χ1) is 11.7. The van der Waals surface area contributed by atoms with Crippen LogP contribution in [-0.2, 0) is 26.1 Å². The molecule has 0 radical (unpaired) electrons. The van der Waals surface area contributed by atoms with Crippen LogP contribution in [0.4, 0.5) is 4.39 Å². The molecule has 2 rings (SSSR count). The topological polar surface area (TPSA) is 66.9 Å². The Kier molecular flexibility index (Phi) is 6.53. The molecule has 1 fully saturated rings. The van der Waals surface area contributed by atoms with Crippen molar-refractivity contribution in [1.82, 2.24) is 9.21 Å². The Labute approximate surface area is 148 Å². The van der Waals surface area contributed by atoms with E-state index < -0.39 is 27.9 Å². The highest BCUT2D eigenvalue weighted by Gasteiger charge is 2.39. The maximum absolute atomic E-state index is 13.1. The highest BCUT2D eigenvalue weighted by atomic mass is 32.2. The lowest BCUT2D eigenvalue weighted by atomic mass is 10.1. The minimum Gasteiger partial charge on any atom is -0.468 e. The minimum absolute atomic E-state index is 0.0118. The van der Waals surface area contributed by atoms with Crippen molar-refractivity contribution in [3.05, 3.63) is 35.6 Å². The second-order valence-corrected chi connectivity index (χ2v) is 8.72. The number of hydrogen-bond donors (Lipinski definition) is 0. The van der Waals surface area contributed by atoms with Gasteiger partial charge in [-0.1, -0.05) is 26.0 Å². The number of carbonyl (C=O) groups is 1. The van der Waals surface area contributed by atoms with Crippen LogP contribution in [0.2, 0.25) is 0 Å². The molecule has 1 aliphatic heterocycles. The second kappa shape index (κ2) is 8.25. The minimum atomic E-state index is -3.64. The Morgan fingerprint density at radius 3 is 2.52 bits per heavy atom. The van der Waals surface area contributed by atoms with Crippen LogP contribution in [0.1, 0.15) is 19.4 Å². The maximum Gasteiger partial charge on any atom is 0.325 e. The van der Waals surface area contributed by atoms with E-state index in [0.29, 0.717) is 24.6 Å². The third-order valence-corrected chi connectivity index (χ3v) is 5.95. The zero-order chi connectivity index (χ0) is 18.6. The number of ether oxygens (including phenoxy) is 1. The van der Waals surface area contributed by atoms with E-state index in [-0.39, 0.29) is 18.8 Å². The van der Waals surface area contributed by atoms with Crippen molar-refractivity contribution >= 4 is 16.0 Å². The molecule has 0 bridgehead atoms. The average molecular weight is 372 g/mol. The molecule has 1 aromatic rings. The molecule has 0 saturated carbocycles. The van der Waals surface area contributed by atoms with E-state index in [0.717, 1.165) is 0 Å². The van der Waals surface area contributed by atoms with Gasteiger partial charge in [0.05, 0.1) is 12.9 Å². The van der Waals surface area contributed by atoms with Crippen molar-refractivity contribution in [2.24, 2.45) is 5.92 Å². The molecular formula is C17H25FN2O4S. The summed E-state index contributed by atoms with van der Waals surface area (Å²) in [6.45, 7) is 5.45. The molecule has 8 heteroatoms. The lowest BCUT2D eigenvalue weighted by Gasteiger charge is -2.29. The molecule has 140 valence electrons. The highest BCUT2D eigenvalue weighted by Crippen LogP contribution is 2.20. The van der Waals surface area contributed by atoms with Crippen molar-refractivity contribution in [1.29, 1.82) is 0 Å². The molecule has 1 unspecified atom stereocenters. The van der Waals surface area contributed by atoms with Crippen molar-refractivity contribution in [2.45, 2.75) is 26.4 Å². The Morgan fingerprint density at radius 2 is 1.96 bits per heavy atom. The Balaban J connectivity index is 2.33. The molecular weight excluding hydrogens is 347 g/mol. The highest BCUT2D eigenvalue weighted by molar-refractivity contribution is 7.89. The second-order valence-electron chi connectivity index (χ2n) is 6.68. The molecule has 0 spiro atoms. The van der Waals surface area contributed by atoms with E-state index in [1.807, 2.05) is 18.7 Å². The number of esters is 1. The number of nitrogens with zero attached hydrogens (tertiary/aromatic N) is 2. The van der Waals surface area contributed by atoms with Crippen LogP contribution in [-0.4, -0.2) is 62.1 Å². The van der Waals surface area contributed by atoms with E-state index in [4.69, 9.17) is 4.74 Å². The van der Waals surface area contributed by atoms with Gasteiger partial charge in [-0.05, 0) is 23.6 Å². The Bertz CT molecular complexity index is 691. The summed E-state index contributed by atoms with van der Waals surface area (Å²) in [7, 11) is -2.39. The molecule has 0 aliphatic carbocycles. The molecule has 25 heavy (non-hydrogen) atoms. The van der Waals surface area contributed by atoms with Gasteiger partial charge in [-0.2, -0.15) is 4.31 Å². The van der Waals surface area contributed by atoms with Crippen molar-refractivity contribution in [2.75, 3.05) is 32.5 Å². The van der Waals surface area contributed by atoms with Gasteiger partial charge in [0.15, 0.2) is 0 Å². The van der Waals surface area contributed by atoms with E-state index >= 15 is 0 Å². The molecule has 1 saturated heterocycles. The number of methoxy groups -OCH3 is 1. The van der Waals surface area contributed by atoms with E-state index in [1.165, 1.54) is 35.7 Å². The molecule has 1 heterocycles. The van der Waals surface area contributed by atoms with Gasteiger partial charge in [-0.3, -0.25) is 9.69 Å². The summed E-state index contributed by atoms with van der Waals surface area (Å²) in [5, 5.41) is 0. The first-order valence-electron chi connectivity index (χ1n) is 8.27. The molecule has 0 aromatic heterocycles. The van der Waals surface area contributed by atoms with Gasteiger partial charge in [-0.25, -0.2) is 12.8 Å². The maximum atomic E-state index is 13.1. The number of halogens is 1. The van der Waals surface area contributed by atoms with E-state index in [1.54, 1.807) is 0 Å². The number of rotatable bonds is 5. The smallest absolute Gasteiger partial charge is 0.325 e. The van der Waals surface area contributed by atoms with Gasteiger partial charge in [-0.15, -0.1) is 0 Å². The van der Waals surface area contributed by atoms with Crippen LogP contribution in [0.3, 0.4) is 0 Å². The molecule has 6 nitrogen and oxygen atoms in total. The molecule has 0 N–H and O–H groups in total. The van der Waals surface area contributed by atoms with Gasteiger partial charge in [0.25, 0.3) is 0 Å². The Hall–Kier alpha value is -1.51. The summed E-state index contributed by atoms with van der Waals surface area (Å²) < 4.78 is 44.6.